The summed E-state index contributed by atoms with van der Waals surface area (Å²) in [4.78, 5) is 0. The highest BCUT2D eigenvalue weighted by Gasteiger charge is 2.41. The molecule has 1 atom stereocenters. The fourth-order valence-corrected chi connectivity index (χ4v) is 5.66. The lowest BCUT2D eigenvalue weighted by Crippen LogP contribution is -2.44. The molecule has 11 heteroatoms. The molecule has 160 valence electrons. The van der Waals surface area contributed by atoms with Crippen LogP contribution in [0.25, 0.3) is 0 Å². The van der Waals surface area contributed by atoms with Crippen molar-refractivity contribution in [3.05, 3.63) is 22.2 Å². The van der Waals surface area contributed by atoms with E-state index in [0.717, 1.165) is 12.5 Å². The Hall–Kier alpha value is -0.623. The fraction of sp³-hybridized carbons (Fsp3) is 0.647. The van der Waals surface area contributed by atoms with Crippen LogP contribution in [0.5, 0.6) is 5.75 Å². The van der Waals surface area contributed by atoms with E-state index in [0.29, 0.717) is 21.5 Å². The minimum atomic E-state index is -3.62. The Morgan fingerprint density at radius 2 is 1.75 bits per heavy atom. The summed E-state index contributed by atoms with van der Waals surface area (Å²) in [6, 6.07) is 3.53. The molecule has 0 N–H and O–H groups in total. The van der Waals surface area contributed by atoms with Gasteiger partial charge in [0.15, 0.2) is 0 Å². The maximum Gasteiger partial charge on any atom is 0.264 e. The topological polar surface area (TPSA) is 90.0 Å². The highest BCUT2D eigenvalue weighted by Crippen LogP contribution is 2.46. The smallest absolute Gasteiger partial charge is 0.264 e. The quantitative estimate of drug-likeness (QED) is 0.425. The van der Waals surface area contributed by atoms with Crippen molar-refractivity contribution in [2.24, 2.45) is 0 Å². The molecule has 1 aliphatic heterocycles. The maximum absolute atomic E-state index is 12.3. The third-order valence-corrected chi connectivity index (χ3v) is 11.9. The van der Waals surface area contributed by atoms with Gasteiger partial charge in [-0.3, -0.25) is 8.49 Å². The molecule has 0 radical (unpaired) electrons. The standard InChI is InChI=1S/C17H28BrNO6S2Si/c1-17(2,3)28(6,7)25-16-9-15-13(8-14(16)18)12(11-24-27(5,22)23)10-19(15)26(4,20)21/h8-9,12H,10-11H2,1-7H3. The molecule has 0 spiro atoms. The number of sulfonamides is 1. The first-order valence-corrected chi connectivity index (χ1v) is 16.1. The Balaban J connectivity index is 2.49. The van der Waals surface area contributed by atoms with E-state index >= 15 is 0 Å². The molecule has 1 aliphatic rings. The van der Waals surface area contributed by atoms with Crippen molar-refractivity contribution in [3.8, 4) is 5.75 Å². The van der Waals surface area contributed by atoms with Crippen LogP contribution in [-0.4, -0.2) is 50.8 Å². The maximum atomic E-state index is 12.3. The van der Waals surface area contributed by atoms with Crippen LogP contribution in [0.4, 0.5) is 5.69 Å². The van der Waals surface area contributed by atoms with Gasteiger partial charge in [-0.15, -0.1) is 0 Å². The van der Waals surface area contributed by atoms with Crippen molar-refractivity contribution in [3.63, 3.8) is 0 Å². The zero-order chi connectivity index (χ0) is 21.7. The molecule has 0 saturated carbocycles. The Labute approximate surface area is 177 Å². The second-order valence-electron chi connectivity index (χ2n) is 8.68. The highest BCUT2D eigenvalue weighted by molar-refractivity contribution is 9.10. The second kappa shape index (κ2) is 7.57. The summed E-state index contributed by atoms with van der Waals surface area (Å²) in [5.41, 5.74) is 1.21. The normalized spacial score (nSPS) is 18.3. The van der Waals surface area contributed by atoms with Crippen molar-refractivity contribution in [2.45, 2.75) is 44.8 Å². The molecule has 1 aromatic carbocycles. The minimum Gasteiger partial charge on any atom is -0.543 e. The Morgan fingerprint density at radius 1 is 1.18 bits per heavy atom. The van der Waals surface area contributed by atoms with Gasteiger partial charge in [0, 0.05) is 18.5 Å². The summed E-state index contributed by atoms with van der Waals surface area (Å²) in [5, 5.41) is -0.0200. The van der Waals surface area contributed by atoms with Gasteiger partial charge in [0.05, 0.1) is 29.3 Å². The summed E-state index contributed by atoms with van der Waals surface area (Å²) >= 11 is 3.53. The summed E-state index contributed by atoms with van der Waals surface area (Å²) in [5.74, 6) is 0.196. The third-order valence-electron chi connectivity index (χ3n) is 5.23. The van der Waals surface area contributed by atoms with Gasteiger partial charge in [-0.2, -0.15) is 8.42 Å². The Morgan fingerprint density at radius 3 is 2.21 bits per heavy atom. The van der Waals surface area contributed by atoms with Crippen molar-refractivity contribution >= 4 is 50.1 Å². The monoisotopic (exact) mass is 513 g/mol. The van der Waals surface area contributed by atoms with Crippen LogP contribution in [0.15, 0.2) is 16.6 Å². The van der Waals surface area contributed by atoms with Gasteiger partial charge in [-0.25, -0.2) is 8.42 Å². The van der Waals surface area contributed by atoms with E-state index in [-0.39, 0.29) is 18.2 Å². The molecule has 0 saturated heterocycles. The van der Waals surface area contributed by atoms with Crippen molar-refractivity contribution in [2.75, 3.05) is 30.0 Å². The van der Waals surface area contributed by atoms with Gasteiger partial charge < -0.3 is 4.43 Å². The molecule has 1 unspecified atom stereocenters. The molecular formula is C17H28BrNO6S2Si. The Bertz CT molecular complexity index is 970. The molecular weight excluding hydrogens is 486 g/mol. The van der Waals surface area contributed by atoms with E-state index in [1.807, 2.05) is 0 Å². The number of anilines is 1. The number of benzene rings is 1. The Kier molecular flexibility index (Phi) is 6.39. The van der Waals surface area contributed by atoms with Gasteiger partial charge in [0.2, 0.25) is 10.0 Å². The van der Waals surface area contributed by atoms with Crippen LogP contribution in [0, 0.1) is 0 Å². The van der Waals surface area contributed by atoms with Gasteiger partial charge in [0.25, 0.3) is 18.4 Å². The third kappa shape index (κ3) is 5.29. The first kappa shape index (κ1) is 23.7. The van der Waals surface area contributed by atoms with E-state index in [9.17, 15) is 16.8 Å². The average Bonchev–Trinajstić information content (AvgIpc) is 2.81. The molecule has 2 rings (SSSR count). The highest BCUT2D eigenvalue weighted by atomic mass is 79.9. The van der Waals surface area contributed by atoms with Crippen LogP contribution in [0.1, 0.15) is 32.3 Å². The molecule has 0 amide bonds. The van der Waals surface area contributed by atoms with E-state index in [1.165, 1.54) is 4.31 Å². The van der Waals surface area contributed by atoms with Crippen LogP contribution >= 0.6 is 15.9 Å². The summed E-state index contributed by atoms with van der Waals surface area (Å²) in [6.07, 6.45) is 2.11. The lowest BCUT2D eigenvalue weighted by atomic mass is 10.0. The van der Waals surface area contributed by atoms with Crippen LogP contribution < -0.4 is 8.73 Å². The SMILES string of the molecule is CC(C)(C)[Si](C)(C)Oc1cc2c(cc1Br)C(COS(C)(=O)=O)CN2S(C)(=O)=O. The predicted octanol–water partition coefficient (Wildman–Crippen LogP) is 3.67. The molecule has 0 aromatic heterocycles. The van der Waals surface area contributed by atoms with Crippen LogP contribution in [0.3, 0.4) is 0 Å². The van der Waals surface area contributed by atoms with Crippen molar-refractivity contribution in [1.29, 1.82) is 0 Å². The lowest BCUT2D eigenvalue weighted by Gasteiger charge is -2.37. The molecule has 0 aliphatic carbocycles. The molecule has 1 heterocycles. The molecule has 28 heavy (non-hydrogen) atoms. The summed E-state index contributed by atoms with van der Waals surface area (Å²) in [7, 11) is -9.30. The molecule has 1 aromatic rings. The number of fused-ring (bicyclic) bond motifs is 1. The largest absolute Gasteiger partial charge is 0.543 e. The molecule has 7 nitrogen and oxygen atoms in total. The number of hydrogen-bond acceptors (Lipinski definition) is 6. The zero-order valence-corrected chi connectivity index (χ0v) is 21.5. The molecule has 0 fully saturated rings. The van der Waals surface area contributed by atoms with E-state index in [2.05, 4.69) is 49.8 Å². The minimum absolute atomic E-state index is 0.0200. The second-order valence-corrected chi connectivity index (χ2v) is 17.8. The van der Waals surface area contributed by atoms with Gasteiger partial charge >= 0.3 is 0 Å². The van der Waals surface area contributed by atoms with Crippen molar-refractivity contribution in [1.82, 2.24) is 0 Å². The number of nitrogens with zero attached hydrogens (tertiary/aromatic N) is 1. The average molecular weight is 515 g/mol. The van der Waals surface area contributed by atoms with Crippen molar-refractivity contribution < 1.29 is 25.4 Å². The van der Waals surface area contributed by atoms with E-state index in [1.54, 1.807) is 12.1 Å². The van der Waals surface area contributed by atoms with Gasteiger partial charge in [-0.1, -0.05) is 20.8 Å². The first-order chi connectivity index (χ1) is 12.4. The predicted molar refractivity (Wildman–Crippen MR) is 118 cm³/mol. The summed E-state index contributed by atoms with van der Waals surface area (Å²) < 4.78 is 60.7. The zero-order valence-electron chi connectivity index (χ0n) is 17.2. The van der Waals surface area contributed by atoms with E-state index in [4.69, 9.17) is 8.61 Å². The van der Waals surface area contributed by atoms with Crippen LogP contribution in [-0.2, 0) is 24.3 Å². The number of rotatable bonds is 6. The first-order valence-electron chi connectivity index (χ1n) is 8.77. The van der Waals surface area contributed by atoms with Gasteiger partial charge in [0.1, 0.15) is 5.75 Å². The number of hydrogen-bond donors (Lipinski definition) is 0. The van der Waals surface area contributed by atoms with E-state index < -0.39 is 34.4 Å². The lowest BCUT2D eigenvalue weighted by molar-refractivity contribution is 0.300. The molecule has 0 bridgehead atoms. The fourth-order valence-electron chi connectivity index (χ4n) is 2.67. The van der Waals surface area contributed by atoms with Crippen LogP contribution in [0.2, 0.25) is 18.1 Å². The summed E-state index contributed by atoms with van der Waals surface area (Å²) in [6.45, 7) is 10.6. The van der Waals surface area contributed by atoms with Gasteiger partial charge in [-0.05, 0) is 45.7 Å². The number of halogens is 1.